The van der Waals surface area contributed by atoms with Gasteiger partial charge in [0.25, 0.3) is 11.8 Å². The number of methoxy groups -OCH3 is 2. The molecule has 0 aliphatic heterocycles. The number of rotatable bonds is 6. The zero-order chi connectivity index (χ0) is 18.9. The molecular weight excluding hydrogens is 340 g/mol. The maximum absolute atomic E-state index is 12.0. The van der Waals surface area contributed by atoms with Gasteiger partial charge in [-0.3, -0.25) is 20.4 Å². The fraction of sp³-hybridized carbons (Fsp3) is 0.167. The average Bonchev–Trinajstić information content (AvgIpc) is 2.70. The minimum atomic E-state index is -0.546. The molecule has 2 aromatic carbocycles. The fourth-order valence-corrected chi connectivity index (χ4v) is 1.99. The number of carbonyl (C=O) groups is 3. The van der Waals surface area contributed by atoms with Gasteiger partial charge in [-0.25, -0.2) is 4.79 Å². The molecule has 2 amide bonds. The number of hydrazine groups is 1. The molecule has 0 aliphatic rings. The quantitative estimate of drug-likeness (QED) is 0.596. The summed E-state index contributed by atoms with van der Waals surface area (Å²) in [5.41, 5.74) is 5.09. The Morgan fingerprint density at radius 2 is 1.46 bits per heavy atom. The SMILES string of the molecule is COC(=O)c1ccc(C(=O)NNC(=O)COc2ccccc2OC)cc1. The Kier molecular flexibility index (Phi) is 6.55. The van der Waals surface area contributed by atoms with E-state index in [1.807, 2.05) is 0 Å². The van der Waals surface area contributed by atoms with Crippen molar-refractivity contribution in [2.45, 2.75) is 0 Å². The molecule has 8 heteroatoms. The Morgan fingerprint density at radius 3 is 2.08 bits per heavy atom. The molecule has 0 saturated heterocycles. The number of hydrogen-bond acceptors (Lipinski definition) is 6. The van der Waals surface area contributed by atoms with Crippen LogP contribution in [0.25, 0.3) is 0 Å². The van der Waals surface area contributed by atoms with E-state index in [-0.39, 0.29) is 12.2 Å². The first-order chi connectivity index (χ1) is 12.5. The minimum absolute atomic E-state index is 0.267. The number of para-hydroxylation sites is 2. The van der Waals surface area contributed by atoms with Crippen molar-refractivity contribution in [2.75, 3.05) is 20.8 Å². The van der Waals surface area contributed by atoms with Crippen LogP contribution in [0.1, 0.15) is 20.7 Å². The van der Waals surface area contributed by atoms with Crippen LogP contribution < -0.4 is 20.3 Å². The molecule has 0 radical (unpaired) electrons. The second-order valence-corrected chi connectivity index (χ2v) is 5.01. The normalized spacial score (nSPS) is 9.77. The maximum Gasteiger partial charge on any atom is 0.337 e. The second kappa shape index (κ2) is 9.07. The highest BCUT2D eigenvalue weighted by atomic mass is 16.5. The molecule has 26 heavy (non-hydrogen) atoms. The molecule has 8 nitrogen and oxygen atoms in total. The van der Waals surface area contributed by atoms with Gasteiger partial charge in [0.2, 0.25) is 0 Å². The summed E-state index contributed by atoms with van der Waals surface area (Å²) in [5, 5.41) is 0. The zero-order valence-electron chi connectivity index (χ0n) is 14.3. The van der Waals surface area contributed by atoms with Crippen LogP contribution in [0, 0.1) is 0 Å². The van der Waals surface area contributed by atoms with E-state index in [0.717, 1.165) is 0 Å². The minimum Gasteiger partial charge on any atom is -0.493 e. The van der Waals surface area contributed by atoms with Crippen LogP contribution in [0.4, 0.5) is 0 Å². The summed E-state index contributed by atoms with van der Waals surface area (Å²) < 4.78 is 15.0. The topological polar surface area (TPSA) is 103 Å². The van der Waals surface area contributed by atoms with Gasteiger partial charge in [0.15, 0.2) is 18.1 Å². The second-order valence-electron chi connectivity index (χ2n) is 5.01. The van der Waals surface area contributed by atoms with E-state index in [1.54, 1.807) is 24.3 Å². The molecule has 0 atom stereocenters. The predicted octanol–water partition coefficient (Wildman–Crippen LogP) is 1.32. The summed E-state index contributed by atoms with van der Waals surface area (Å²) in [6, 6.07) is 12.7. The first kappa shape index (κ1) is 18.8. The summed E-state index contributed by atoms with van der Waals surface area (Å²) in [4.78, 5) is 35.1. The molecule has 0 spiro atoms. The number of carbonyl (C=O) groups excluding carboxylic acids is 3. The van der Waals surface area contributed by atoms with E-state index in [0.29, 0.717) is 17.1 Å². The van der Waals surface area contributed by atoms with Crippen LogP contribution >= 0.6 is 0 Å². The highest BCUT2D eigenvalue weighted by Gasteiger charge is 2.11. The maximum atomic E-state index is 12.0. The molecule has 136 valence electrons. The van der Waals surface area contributed by atoms with Crippen LogP contribution in [0.15, 0.2) is 48.5 Å². The van der Waals surface area contributed by atoms with Gasteiger partial charge in [-0.15, -0.1) is 0 Å². The lowest BCUT2D eigenvalue weighted by Crippen LogP contribution is -2.43. The Hall–Kier alpha value is -3.55. The van der Waals surface area contributed by atoms with Gasteiger partial charge in [-0.05, 0) is 36.4 Å². The Balaban J connectivity index is 1.83. The fourth-order valence-electron chi connectivity index (χ4n) is 1.99. The van der Waals surface area contributed by atoms with Crippen LogP contribution in [0.5, 0.6) is 11.5 Å². The highest BCUT2D eigenvalue weighted by molar-refractivity contribution is 5.97. The van der Waals surface area contributed by atoms with Crippen LogP contribution in [0.2, 0.25) is 0 Å². The number of amides is 2. The summed E-state index contributed by atoms with van der Waals surface area (Å²) >= 11 is 0. The molecular formula is C18H18N2O6. The molecule has 0 bridgehead atoms. The van der Waals surface area contributed by atoms with Gasteiger partial charge in [0.05, 0.1) is 19.8 Å². The largest absolute Gasteiger partial charge is 0.493 e. The molecule has 2 aromatic rings. The van der Waals surface area contributed by atoms with Crippen LogP contribution in [0.3, 0.4) is 0 Å². The lowest BCUT2D eigenvalue weighted by molar-refractivity contribution is -0.123. The molecule has 2 N–H and O–H groups in total. The number of ether oxygens (including phenoxy) is 3. The number of esters is 1. The van der Waals surface area contributed by atoms with Gasteiger partial charge < -0.3 is 14.2 Å². The molecule has 0 aliphatic carbocycles. The van der Waals surface area contributed by atoms with Crippen molar-refractivity contribution >= 4 is 17.8 Å². The molecule has 0 fully saturated rings. The summed E-state index contributed by atoms with van der Waals surface area (Å²) in [6.07, 6.45) is 0. The smallest absolute Gasteiger partial charge is 0.337 e. The molecule has 2 rings (SSSR count). The van der Waals surface area contributed by atoms with Crippen molar-refractivity contribution in [3.05, 3.63) is 59.7 Å². The highest BCUT2D eigenvalue weighted by Crippen LogP contribution is 2.25. The third-order valence-corrected chi connectivity index (χ3v) is 3.31. The number of hydrogen-bond donors (Lipinski definition) is 2. The molecule has 0 heterocycles. The summed E-state index contributed by atoms with van der Waals surface area (Å²) in [7, 11) is 2.76. The first-order valence-electron chi connectivity index (χ1n) is 7.58. The Labute approximate surface area is 150 Å². The lowest BCUT2D eigenvalue weighted by Gasteiger charge is -2.11. The van der Waals surface area contributed by atoms with Gasteiger partial charge >= 0.3 is 5.97 Å². The van der Waals surface area contributed by atoms with Crippen molar-refractivity contribution in [2.24, 2.45) is 0 Å². The van der Waals surface area contributed by atoms with E-state index in [2.05, 4.69) is 15.6 Å². The van der Waals surface area contributed by atoms with E-state index in [1.165, 1.54) is 38.5 Å². The number of benzene rings is 2. The van der Waals surface area contributed by atoms with Crippen molar-refractivity contribution in [3.63, 3.8) is 0 Å². The van der Waals surface area contributed by atoms with Crippen LogP contribution in [-0.2, 0) is 9.53 Å². The van der Waals surface area contributed by atoms with Gasteiger partial charge in [0.1, 0.15) is 0 Å². The predicted molar refractivity (Wildman–Crippen MR) is 91.9 cm³/mol. The van der Waals surface area contributed by atoms with E-state index in [4.69, 9.17) is 9.47 Å². The van der Waals surface area contributed by atoms with Crippen molar-refractivity contribution < 1.29 is 28.6 Å². The molecule has 0 saturated carbocycles. The van der Waals surface area contributed by atoms with E-state index < -0.39 is 17.8 Å². The third-order valence-electron chi connectivity index (χ3n) is 3.31. The lowest BCUT2D eigenvalue weighted by atomic mass is 10.1. The van der Waals surface area contributed by atoms with Crippen molar-refractivity contribution in [1.29, 1.82) is 0 Å². The van der Waals surface area contributed by atoms with Gasteiger partial charge in [-0.2, -0.15) is 0 Å². The van der Waals surface area contributed by atoms with E-state index >= 15 is 0 Å². The first-order valence-corrected chi connectivity index (χ1v) is 7.58. The zero-order valence-corrected chi connectivity index (χ0v) is 14.3. The van der Waals surface area contributed by atoms with Gasteiger partial charge in [-0.1, -0.05) is 12.1 Å². The van der Waals surface area contributed by atoms with Crippen LogP contribution in [-0.4, -0.2) is 38.6 Å². The third kappa shape index (κ3) is 4.97. The Morgan fingerprint density at radius 1 is 0.846 bits per heavy atom. The average molecular weight is 358 g/mol. The molecule has 0 aromatic heterocycles. The summed E-state index contributed by atoms with van der Waals surface area (Å²) in [5.74, 6) is -0.675. The van der Waals surface area contributed by atoms with Crippen molar-refractivity contribution in [3.8, 4) is 11.5 Å². The monoisotopic (exact) mass is 358 g/mol. The van der Waals surface area contributed by atoms with Gasteiger partial charge in [0, 0.05) is 5.56 Å². The van der Waals surface area contributed by atoms with E-state index in [9.17, 15) is 14.4 Å². The number of nitrogens with one attached hydrogen (secondary N) is 2. The van der Waals surface area contributed by atoms with Crippen molar-refractivity contribution in [1.82, 2.24) is 10.9 Å². The summed E-state index contributed by atoms with van der Waals surface area (Å²) in [6.45, 7) is -0.304. The Bertz CT molecular complexity index is 789. The standard InChI is InChI=1S/C18H18N2O6/c1-24-14-5-3-4-6-15(14)26-11-16(21)19-20-17(22)12-7-9-13(10-8-12)18(23)25-2/h3-10H,11H2,1-2H3,(H,19,21)(H,20,22). The molecule has 0 unspecified atom stereocenters.